The third-order valence-corrected chi connectivity index (χ3v) is 8.96. The summed E-state index contributed by atoms with van der Waals surface area (Å²) in [4.78, 5) is 29.1. The number of methoxy groups -OCH3 is 1. The molecule has 3 aromatic rings. The third-order valence-electron chi connectivity index (χ3n) is 7.18. The zero-order chi connectivity index (χ0) is 30.0. The summed E-state index contributed by atoms with van der Waals surface area (Å²) in [5.74, 6) is -0.0586. The van der Waals surface area contributed by atoms with Crippen molar-refractivity contribution >= 4 is 27.5 Å². The van der Waals surface area contributed by atoms with Gasteiger partial charge in [-0.15, -0.1) is 0 Å². The van der Waals surface area contributed by atoms with Crippen LogP contribution in [0.25, 0.3) is 0 Å². The van der Waals surface area contributed by atoms with Crippen molar-refractivity contribution in [1.82, 2.24) is 10.2 Å². The standard InChI is InChI=1S/C32H41N3O5S/c1-6-8-21-33-32(37)29(7-2)34(22-26-17-19-27(40-5)20-18-26)31(36)23-35(30-16-12-13-24(3)25(30)4)41(38,39)28-14-10-9-11-15-28/h9-20,29H,6-8,21-23H2,1-5H3,(H,33,37)/t29-/m0/s1. The molecule has 8 nitrogen and oxygen atoms in total. The fourth-order valence-corrected chi connectivity index (χ4v) is 6.08. The van der Waals surface area contributed by atoms with Crippen LogP contribution in [0, 0.1) is 13.8 Å². The van der Waals surface area contributed by atoms with E-state index < -0.39 is 28.5 Å². The summed E-state index contributed by atoms with van der Waals surface area (Å²) in [6.45, 7) is 7.81. The summed E-state index contributed by atoms with van der Waals surface area (Å²) >= 11 is 0. The summed E-state index contributed by atoms with van der Waals surface area (Å²) in [5, 5.41) is 2.95. The molecule has 3 rings (SSSR count). The molecule has 1 atom stereocenters. The second-order valence-corrected chi connectivity index (χ2v) is 11.8. The maximum atomic E-state index is 14.2. The Morgan fingerprint density at radius 1 is 0.927 bits per heavy atom. The molecule has 0 fully saturated rings. The molecule has 220 valence electrons. The average Bonchev–Trinajstić information content (AvgIpc) is 2.98. The first-order chi connectivity index (χ1) is 19.6. The van der Waals surface area contributed by atoms with Crippen LogP contribution >= 0.6 is 0 Å². The van der Waals surface area contributed by atoms with E-state index in [1.165, 1.54) is 17.0 Å². The van der Waals surface area contributed by atoms with Crippen LogP contribution in [-0.4, -0.2) is 51.4 Å². The molecule has 0 aliphatic rings. The lowest BCUT2D eigenvalue weighted by molar-refractivity contribution is -0.140. The van der Waals surface area contributed by atoms with E-state index in [1.807, 2.05) is 45.9 Å². The number of amides is 2. The van der Waals surface area contributed by atoms with E-state index in [4.69, 9.17) is 4.74 Å². The molecule has 0 saturated heterocycles. The molecule has 41 heavy (non-hydrogen) atoms. The Morgan fingerprint density at radius 3 is 2.22 bits per heavy atom. The Balaban J connectivity index is 2.06. The van der Waals surface area contributed by atoms with Crippen LogP contribution in [0.2, 0.25) is 0 Å². The first-order valence-corrected chi connectivity index (χ1v) is 15.4. The van der Waals surface area contributed by atoms with Gasteiger partial charge in [0.2, 0.25) is 11.8 Å². The van der Waals surface area contributed by atoms with E-state index in [-0.39, 0.29) is 17.3 Å². The smallest absolute Gasteiger partial charge is 0.264 e. The normalized spacial score (nSPS) is 11.9. The van der Waals surface area contributed by atoms with E-state index in [2.05, 4.69) is 5.32 Å². The predicted molar refractivity (Wildman–Crippen MR) is 162 cm³/mol. The van der Waals surface area contributed by atoms with Gasteiger partial charge < -0.3 is 15.0 Å². The Morgan fingerprint density at radius 2 is 1.61 bits per heavy atom. The highest BCUT2D eigenvalue weighted by Crippen LogP contribution is 2.29. The van der Waals surface area contributed by atoms with Gasteiger partial charge in [0, 0.05) is 13.1 Å². The van der Waals surface area contributed by atoms with Crippen LogP contribution in [0.3, 0.4) is 0 Å². The zero-order valence-corrected chi connectivity index (χ0v) is 25.4. The number of ether oxygens (including phenoxy) is 1. The lowest BCUT2D eigenvalue weighted by Crippen LogP contribution is -2.52. The van der Waals surface area contributed by atoms with E-state index in [0.29, 0.717) is 24.4 Å². The number of benzene rings is 3. The molecule has 0 radical (unpaired) electrons. The van der Waals surface area contributed by atoms with E-state index in [9.17, 15) is 18.0 Å². The Kier molecular flexibility index (Phi) is 11.3. The molecule has 0 saturated carbocycles. The van der Waals surface area contributed by atoms with Crippen LogP contribution in [0.5, 0.6) is 5.75 Å². The summed E-state index contributed by atoms with van der Waals surface area (Å²) in [6.07, 6.45) is 2.12. The number of aryl methyl sites for hydroxylation is 1. The molecule has 0 bridgehead atoms. The minimum absolute atomic E-state index is 0.0831. The van der Waals surface area contributed by atoms with Crippen molar-refractivity contribution in [3.63, 3.8) is 0 Å². The number of nitrogens with zero attached hydrogens (tertiary/aromatic N) is 2. The van der Waals surface area contributed by atoms with Crippen LogP contribution in [0.15, 0.2) is 77.7 Å². The van der Waals surface area contributed by atoms with Gasteiger partial charge in [0.15, 0.2) is 0 Å². The molecular formula is C32H41N3O5S. The molecule has 0 aliphatic heterocycles. The number of carbonyl (C=O) groups is 2. The third kappa shape index (κ3) is 7.88. The molecule has 1 N–H and O–H groups in total. The molecular weight excluding hydrogens is 538 g/mol. The van der Waals surface area contributed by atoms with Gasteiger partial charge in [0.1, 0.15) is 18.3 Å². The Bertz CT molecular complexity index is 1410. The maximum absolute atomic E-state index is 14.2. The van der Waals surface area contributed by atoms with Gasteiger partial charge in [-0.2, -0.15) is 0 Å². The number of hydrogen-bond donors (Lipinski definition) is 1. The molecule has 0 unspecified atom stereocenters. The minimum Gasteiger partial charge on any atom is -0.497 e. The molecule has 0 aromatic heterocycles. The van der Waals surface area contributed by atoms with Crippen molar-refractivity contribution in [3.05, 3.63) is 89.5 Å². The number of hydrogen-bond acceptors (Lipinski definition) is 5. The monoisotopic (exact) mass is 579 g/mol. The molecule has 0 aliphatic carbocycles. The van der Waals surface area contributed by atoms with Crippen LogP contribution in [-0.2, 0) is 26.2 Å². The summed E-state index contributed by atoms with van der Waals surface area (Å²) in [5.41, 5.74) is 2.88. The fourth-order valence-electron chi connectivity index (χ4n) is 4.59. The van der Waals surface area contributed by atoms with E-state index >= 15 is 0 Å². The molecule has 9 heteroatoms. The Hall–Kier alpha value is -3.85. The zero-order valence-electron chi connectivity index (χ0n) is 24.6. The summed E-state index contributed by atoms with van der Waals surface area (Å²) in [6, 6.07) is 20.0. The topological polar surface area (TPSA) is 96.0 Å². The van der Waals surface area contributed by atoms with Gasteiger partial charge in [-0.1, -0.05) is 62.7 Å². The first kappa shape index (κ1) is 31.7. The van der Waals surface area contributed by atoms with Gasteiger partial charge >= 0.3 is 0 Å². The van der Waals surface area contributed by atoms with Gasteiger partial charge in [0.05, 0.1) is 17.7 Å². The molecule has 0 heterocycles. The van der Waals surface area contributed by atoms with Gasteiger partial charge in [-0.3, -0.25) is 13.9 Å². The van der Waals surface area contributed by atoms with E-state index in [1.54, 1.807) is 49.6 Å². The molecule has 2 amide bonds. The van der Waals surface area contributed by atoms with Crippen molar-refractivity contribution in [1.29, 1.82) is 0 Å². The largest absolute Gasteiger partial charge is 0.497 e. The number of unbranched alkanes of at least 4 members (excludes halogenated alkanes) is 1. The molecule has 0 spiro atoms. The highest BCUT2D eigenvalue weighted by atomic mass is 32.2. The van der Waals surface area contributed by atoms with Gasteiger partial charge in [0.25, 0.3) is 10.0 Å². The van der Waals surface area contributed by atoms with Crippen LogP contribution in [0.1, 0.15) is 49.8 Å². The van der Waals surface area contributed by atoms with Crippen molar-refractivity contribution in [2.75, 3.05) is 24.5 Å². The number of nitrogens with one attached hydrogen (secondary N) is 1. The number of sulfonamides is 1. The average molecular weight is 580 g/mol. The highest BCUT2D eigenvalue weighted by Gasteiger charge is 2.34. The Labute approximate surface area is 244 Å². The second kappa shape index (κ2) is 14.7. The van der Waals surface area contributed by atoms with Crippen molar-refractivity contribution < 1.29 is 22.7 Å². The van der Waals surface area contributed by atoms with Gasteiger partial charge in [-0.25, -0.2) is 8.42 Å². The lowest BCUT2D eigenvalue weighted by Gasteiger charge is -2.33. The first-order valence-electron chi connectivity index (χ1n) is 14.0. The predicted octanol–water partition coefficient (Wildman–Crippen LogP) is 5.23. The number of anilines is 1. The maximum Gasteiger partial charge on any atom is 0.264 e. The van der Waals surface area contributed by atoms with Crippen molar-refractivity contribution in [3.8, 4) is 5.75 Å². The van der Waals surface area contributed by atoms with Crippen LogP contribution in [0.4, 0.5) is 5.69 Å². The summed E-state index contributed by atoms with van der Waals surface area (Å²) < 4.78 is 34.4. The second-order valence-electron chi connectivity index (χ2n) is 9.98. The van der Waals surface area contributed by atoms with Crippen molar-refractivity contribution in [2.24, 2.45) is 0 Å². The quantitative estimate of drug-likeness (QED) is 0.264. The van der Waals surface area contributed by atoms with Crippen LogP contribution < -0.4 is 14.4 Å². The van der Waals surface area contributed by atoms with Crippen molar-refractivity contribution in [2.45, 2.75) is 64.4 Å². The minimum atomic E-state index is -4.11. The number of carbonyl (C=O) groups excluding carboxylic acids is 2. The highest BCUT2D eigenvalue weighted by molar-refractivity contribution is 7.92. The summed E-state index contributed by atoms with van der Waals surface area (Å²) in [7, 11) is -2.53. The van der Waals surface area contributed by atoms with Gasteiger partial charge in [-0.05, 0) is 73.7 Å². The fraction of sp³-hybridized carbons (Fsp3) is 0.375. The van der Waals surface area contributed by atoms with E-state index in [0.717, 1.165) is 33.8 Å². The molecule has 3 aromatic carbocycles. The number of rotatable bonds is 14. The lowest BCUT2D eigenvalue weighted by atomic mass is 10.1. The SMILES string of the molecule is CCCCNC(=O)[C@H](CC)N(Cc1ccc(OC)cc1)C(=O)CN(c1cccc(C)c1C)S(=O)(=O)c1ccccc1.